The molecule has 2 amide bonds. The Hall–Kier alpha value is -2.46. The fourth-order valence-corrected chi connectivity index (χ4v) is 6.11. The standard InChI is InChI=1S/C22H30N4O5S/c1-31-19-4-2-17(3-5-19)8-10-24-11-13-25(14-12-24)22(28)20-6-7-21(27)26(23-20)18-9-15-32(29,30)16-18/h2-5,18H,6-16H2,1H3. The van der Waals surface area contributed by atoms with Crippen LogP contribution in [0.2, 0.25) is 0 Å². The van der Waals surface area contributed by atoms with E-state index in [1.165, 1.54) is 10.6 Å². The SMILES string of the molecule is COc1ccc(CCN2CCN(C(=O)C3=NN(C4CCS(=O)(=O)C4)C(=O)CC3)CC2)cc1. The maximum Gasteiger partial charge on any atom is 0.270 e. The zero-order valence-electron chi connectivity index (χ0n) is 18.4. The lowest BCUT2D eigenvalue weighted by atomic mass is 10.1. The smallest absolute Gasteiger partial charge is 0.270 e. The minimum atomic E-state index is -3.13. The van der Waals surface area contributed by atoms with E-state index in [-0.39, 0.29) is 29.7 Å². The molecule has 1 aromatic carbocycles. The zero-order valence-corrected chi connectivity index (χ0v) is 19.2. The van der Waals surface area contributed by atoms with Gasteiger partial charge >= 0.3 is 0 Å². The number of hydrazone groups is 1. The summed E-state index contributed by atoms with van der Waals surface area (Å²) in [6, 6.07) is 7.62. The highest BCUT2D eigenvalue weighted by Crippen LogP contribution is 2.23. The first-order valence-electron chi connectivity index (χ1n) is 11.1. The lowest BCUT2D eigenvalue weighted by Crippen LogP contribution is -2.52. The minimum Gasteiger partial charge on any atom is -0.497 e. The summed E-state index contributed by atoms with van der Waals surface area (Å²) in [5.74, 6) is 0.501. The fourth-order valence-electron chi connectivity index (χ4n) is 4.42. The molecule has 2 fully saturated rings. The van der Waals surface area contributed by atoms with Gasteiger partial charge in [0.2, 0.25) is 5.91 Å². The summed E-state index contributed by atoms with van der Waals surface area (Å²) < 4.78 is 28.8. The number of amides is 2. The Morgan fingerprint density at radius 2 is 1.84 bits per heavy atom. The van der Waals surface area contributed by atoms with E-state index in [1.807, 2.05) is 12.1 Å². The van der Waals surface area contributed by atoms with Crippen LogP contribution in [0.3, 0.4) is 0 Å². The molecule has 0 aromatic heterocycles. The lowest BCUT2D eigenvalue weighted by molar-refractivity contribution is -0.134. The molecule has 10 heteroatoms. The number of carbonyl (C=O) groups is 2. The first-order valence-corrected chi connectivity index (χ1v) is 12.9. The van der Waals surface area contributed by atoms with E-state index in [9.17, 15) is 18.0 Å². The number of rotatable bonds is 6. The molecule has 4 rings (SSSR count). The third kappa shape index (κ3) is 5.29. The summed E-state index contributed by atoms with van der Waals surface area (Å²) in [6.45, 7) is 3.74. The van der Waals surface area contributed by atoms with E-state index in [2.05, 4.69) is 22.1 Å². The molecular weight excluding hydrogens is 432 g/mol. The molecule has 1 unspecified atom stereocenters. The molecule has 0 N–H and O–H groups in total. The third-order valence-corrected chi connectivity index (χ3v) is 8.15. The average molecular weight is 463 g/mol. The molecular formula is C22H30N4O5S. The molecule has 1 aromatic rings. The van der Waals surface area contributed by atoms with Crippen molar-refractivity contribution in [1.29, 1.82) is 0 Å². The van der Waals surface area contributed by atoms with Crippen molar-refractivity contribution in [1.82, 2.24) is 14.8 Å². The van der Waals surface area contributed by atoms with Gasteiger partial charge in [0.1, 0.15) is 11.5 Å². The second-order valence-corrected chi connectivity index (χ2v) is 10.8. The summed E-state index contributed by atoms with van der Waals surface area (Å²) in [6.07, 6.45) is 1.83. The monoisotopic (exact) mass is 462 g/mol. The lowest BCUT2D eigenvalue weighted by Gasteiger charge is -2.36. The maximum atomic E-state index is 13.0. The summed E-state index contributed by atoms with van der Waals surface area (Å²) in [7, 11) is -1.48. The molecule has 1 atom stereocenters. The number of sulfone groups is 1. The van der Waals surface area contributed by atoms with Crippen LogP contribution >= 0.6 is 0 Å². The number of nitrogens with zero attached hydrogens (tertiary/aromatic N) is 4. The second-order valence-electron chi connectivity index (χ2n) is 8.57. The van der Waals surface area contributed by atoms with Gasteiger partial charge in [0.15, 0.2) is 9.84 Å². The molecule has 32 heavy (non-hydrogen) atoms. The summed E-state index contributed by atoms with van der Waals surface area (Å²) in [5, 5.41) is 5.57. The van der Waals surface area contributed by atoms with E-state index in [4.69, 9.17) is 4.74 Å². The van der Waals surface area contributed by atoms with Gasteiger partial charge in [-0.2, -0.15) is 5.10 Å². The van der Waals surface area contributed by atoms with E-state index < -0.39 is 15.9 Å². The van der Waals surface area contributed by atoms with Crippen LogP contribution in [-0.2, 0) is 25.8 Å². The van der Waals surface area contributed by atoms with Crippen molar-refractivity contribution in [3.05, 3.63) is 29.8 Å². The van der Waals surface area contributed by atoms with Crippen LogP contribution in [0.25, 0.3) is 0 Å². The first kappa shape index (κ1) is 22.7. The summed E-state index contributed by atoms with van der Waals surface area (Å²) >= 11 is 0. The van der Waals surface area contributed by atoms with Crippen molar-refractivity contribution in [2.45, 2.75) is 31.7 Å². The Kier molecular flexibility index (Phi) is 6.80. The van der Waals surface area contributed by atoms with Crippen LogP contribution < -0.4 is 4.74 Å². The number of hydrogen-bond donors (Lipinski definition) is 0. The van der Waals surface area contributed by atoms with Crippen molar-refractivity contribution in [3.63, 3.8) is 0 Å². The normalized spacial score (nSPS) is 23.8. The molecule has 2 saturated heterocycles. The maximum absolute atomic E-state index is 13.0. The van der Waals surface area contributed by atoms with Crippen molar-refractivity contribution >= 4 is 27.4 Å². The minimum absolute atomic E-state index is 0.0682. The van der Waals surface area contributed by atoms with Crippen LogP contribution in [0.5, 0.6) is 5.75 Å². The Bertz CT molecular complexity index is 984. The number of piperazine rings is 1. The van der Waals surface area contributed by atoms with Gasteiger partial charge in [0.05, 0.1) is 24.7 Å². The molecule has 3 heterocycles. The van der Waals surface area contributed by atoms with Gasteiger partial charge in [-0.15, -0.1) is 0 Å². The summed E-state index contributed by atoms with van der Waals surface area (Å²) in [4.78, 5) is 29.4. The van der Waals surface area contributed by atoms with E-state index >= 15 is 0 Å². The van der Waals surface area contributed by atoms with Crippen LogP contribution in [0, 0.1) is 0 Å². The quantitative estimate of drug-likeness (QED) is 0.612. The molecule has 9 nitrogen and oxygen atoms in total. The second kappa shape index (κ2) is 9.58. The van der Waals surface area contributed by atoms with Gasteiger partial charge < -0.3 is 9.64 Å². The molecule has 3 aliphatic rings. The van der Waals surface area contributed by atoms with E-state index in [1.54, 1.807) is 12.0 Å². The number of methoxy groups -OCH3 is 1. The third-order valence-electron chi connectivity index (χ3n) is 6.40. The molecule has 174 valence electrons. The molecule has 0 bridgehead atoms. The fraction of sp³-hybridized carbons (Fsp3) is 0.591. The van der Waals surface area contributed by atoms with Gasteiger partial charge in [-0.1, -0.05) is 12.1 Å². The zero-order chi connectivity index (χ0) is 22.7. The summed E-state index contributed by atoms with van der Waals surface area (Å²) in [5.41, 5.74) is 1.61. The predicted molar refractivity (Wildman–Crippen MR) is 120 cm³/mol. The Balaban J connectivity index is 1.29. The van der Waals surface area contributed by atoms with Crippen molar-refractivity contribution in [3.8, 4) is 5.75 Å². The Morgan fingerprint density at radius 1 is 1.12 bits per heavy atom. The van der Waals surface area contributed by atoms with Gasteiger partial charge in [-0.3, -0.25) is 14.5 Å². The highest BCUT2D eigenvalue weighted by atomic mass is 32.2. The van der Waals surface area contributed by atoms with E-state index in [0.29, 0.717) is 31.6 Å². The van der Waals surface area contributed by atoms with E-state index in [0.717, 1.165) is 31.8 Å². The van der Waals surface area contributed by atoms with Gasteiger partial charge in [-0.05, 0) is 30.5 Å². The highest BCUT2D eigenvalue weighted by Gasteiger charge is 2.38. The van der Waals surface area contributed by atoms with Gasteiger partial charge in [0, 0.05) is 45.6 Å². The number of hydrogen-bond acceptors (Lipinski definition) is 7. The predicted octanol–water partition coefficient (Wildman–Crippen LogP) is 0.547. The van der Waals surface area contributed by atoms with Crippen LogP contribution in [0.15, 0.2) is 29.4 Å². The molecule has 0 radical (unpaired) electrons. The average Bonchev–Trinajstić information content (AvgIpc) is 3.17. The van der Waals surface area contributed by atoms with Crippen LogP contribution in [0.4, 0.5) is 0 Å². The van der Waals surface area contributed by atoms with Crippen molar-refractivity contribution < 1.29 is 22.7 Å². The van der Waals surface area contributed by atoms with Crippen molar-refractivity contribution in [2.24, 2.45) is 5.10 Å². The van der Waals surface area contributed by atoms with Crippen molar-refractivity contribution in [2.75, 3.05) is 51.3 Å². The molecule has 0 saturated carbocycles. The number of ether oxygens (including phenoxy) is 1. The Morgan fingerprint density at radius 3 is 2.47 bits per heavy atom. The molecule has 3 aliphatic heterocycles. The highest BCUT2D eigenvalue weighted by molar-refractivity contribution is 7.91. The Labute approximate surface area is 188 Å². The van der Waals surface area contributed by atoms with Gasteiger partial charge in [0.25, 0.3) is 5.91 Å². The molecule has 0 spiro atoms. The molecule has 0 aliphatic carbocycles. The topological polar surface area (TPSA) is 99.6 Å². The van der Waals surface area contributed by atoms with Crippen LogP contribution in [-0.4, -0.2) is 98.1 Å². The number of carbonyl (C=O) groups excluding carboxylic acids is 2. The first-order chi connectivity index (χ1) is 15.3. The number of benzene rings is 1. The van der Waals surface area contributed by atoms with Crippen LogP contribution in [0.1, 0.15) is 24.8 Å². The largest absolute Gasteiger partial charge is 0.497 e. The van der Waals surface area contributed by atoms with Gasteiger partial charge in [-0.25, -0.2) is 13.4 Å².